The molecule has 5 aliphatic heterocycles. The number of benzene rings is 2. The van der Waals surface area contributed by atoms with Crippen LogP contribution in [0.4, 0.5) is 8.78 Å². The molecule has 7 atom stereocenters. The molecule has 4 aromatic rings. The molecule has 3 N–H and O–H groups in total. The molecule has 4 amide bonds. The second-order valence-corrected chi connectivity index (χ2v) is 23.4. The van der Waals surface area contributed by atoms with Gasteiger partial charge in [0.05, 0.1) is 29.5 Å². The molecule has 2 aromatic heterocycles. The number of halogens is 2. The second kappa shape index (κ2) is 20.3. The highest BCUT2D eigenvalue weighted by molar-refractivity contribution is 5.97. The number of methoxy groups -OCH3 is 1. The summed E-state index contributed by atoms with van der Waals surface area (Å²) in [6.45, 7) is 10.2. The summed E-state index contributed by atoms with van der Waals surface area (Å²) in [4.78, 5) is 81.2. The number of amides is 4. The highest BCUT2D eigenvalue weighted by atomic mass is 19.3. The number of carbonyl (C=O) groups is 5. The van der Waals surface area contributed by atoms with Crippen LogP contribution in [-0.2, 0) is 52.8 Å². The molecule has 1 spiro atoms. The normalized spacial score (nSPS) is 27.0. The fourth-order valence-corrected chi connectivity index (χ4v) is 13.4. The number of aromatic nitrogens is 2. The summed E-state index contributed by atoms with van der Waals surface area (Å²) >= 11 is 0. The Labute approximate surface area is 437 Å². The van der Waals surface area contributed by atoms with Gasteiger partial charge in [0.2, 0.25) is 17.7 Å². The van der Waals surface area contributed by atoms with Gasteiger partial charge in [0, 0.05) is 85.9 Å². The first-order valence-corrected chi connectivity index (χ1v) is 27.5. The number of ether oxygens (including phenoxy) is 2. The first-order chi connectivity index (χ1) is 36.1. The van der Waals surface area contributed by atoms with Crippen molar-refractivity contribution in [1.29, 1.82) is 0 Å². The van der Waals surface area contributed by atoms with Crippen LogP contribution in [-0.4, -0.2) is 124 Å². The van der Waals surface area contributed by atoms with E-state index in [-0.39, 0.29) is 61.1 Å². The number of alkyl halides is 2. The average Bonchev–Trinajstić information content (AvgIpc) is 4.26. The molecule has 0 unspecified atom stereocenters. The number of hydrogen-bond donors (Lipinski definition) is 3. The Kier molecular flexibility index (Phi) is 13.9. The maximum Gasteiger partial charge on any atom is 0.324 e. The third-order valence-electron chi connectivity index (χ3n) is 17.6. The Balaban J connectivity index is 0.963. The maximum absolute atomic E-state index is 15.2. The van der Waals surface area contributed by atoms with Crippen LogP contribution in [0.15, 0.2) is 54.7 Å². The average molecular weight is 1030 g/mol. The minimum atomic E-state index is -2.84. The monoisotopic (exact) mass is 1030 g/mol. The highest BCUT2D eigenvalue weighted by Gasteiger charge is 2.58. The van der Waals surface area contributed by atoms with Crippen molar-refractivity contribution in [2.45, 2.75) is 154 Å². The molecule has 7 aliphatic rings. The van der Waals surface area contributed by atoms with Crippen LogP contribution < -0.4 is 16.1 Å². The molecule has 4 saturated heterocycles. The van der Waals surface area contributed by atoms with Gasteiger partial charge in [0.1, 0.15) is 24.2 Å². The first-order valence-electron chi connectivity index (χ1n) is 27.5. The number of nitrogens with zero attached hydrogens (tertiary/aromatic N) is 5. The second-order valence-electron chi connectivity index (χ2n) is 23.4. The van der Waals surface area contributed by atoms with E-state index in [1.807, 2.05) is 62.1 Å². The van der Waals surface area contributed by atoms with Gasteiger partial charge in [-0.15, -0.1) is 0 Å². The highest BCUT2D eigenvalue weighted by Crippen LogP contribution is 2.47. The number of aryl methyl sites for hydroxylation is 1. The van der Waals surface area contributed by atoms with Crippen molar-refractivity contribution in [2.24, 2.45) is 22.7 Å². The van der Waals surface area contributed by atoms with E-state index in [0.29, 0.717) is 80.9 Å². The number of esters is 1. The smallest absolute Gasteiger partial charge is 0.324 e. The third kappa shape index (κ3) is 9.86. The van der Waals surface area contributed by atoms with Crippen LogP contribution in [0.5, 0.6) is 0 Å². The van der Waals surface area contributed by atoms with Gasteiger partial charge in [0.25, 0.3) is 12.3 Å². The van der Waals surface area contributed by atoms with Crippen LogP contribution in [0.25, 0.3) is 33.3 Å². The van der Waals surface area contributed by atoms with Crippen molar-refractivity contribution in [2.75, 3.05) is 39.9 Å². The summed E-state index contributed by atoms with van der Waals surface area (Å²) in [5.41, 5.74) is 7.69. The van der Waals surface area contributed by atoms with Crippen molar-refractivity contribution < 1.29 is 42.2 Å². The Morgan fingerprint density at radius 3 is 2.49 bits per heavy atom. The van der Waals surface area contributed by atoms with Crippen LogP contribution >= 0.6 is 0 Å². The molecule has 15 nitrogen and oxygen atoms in total. The first kappa shape index (κ1) is 51.3. The van der Waals surface area contributed by atoms with E-state index in [0.717, 1.165) is 71.9 Å². The third-order valence-corrected chi connectivity index (χ3v) is 17.6. The summed E-state index contributed by atoms with van der Waals surface area (Å²) in [6.07, 6.45) is 6.36. The van der Waals surface area contributed by atoms with Crippen molar-refractivity contribution in [3.05, 3.63) is 77.1 Å². The van der Waals surface area contributed by atoms with E-state index in [2.05, 4.69) is 27.6 Å². The van der Waals surface area contributed by atoms with Gasteiger partial charge in [-0.3, -0.25) is 39.3 Å². The summed E-state index contributed by atoms with van der Waals surface area (Å²) in [6, 6.07) is 11.7. The van der Waals surface area contributed by atoms with Crippen LogP contribution in [0.3, 0.4) is 0 Å². The Morgan fingerprint density at radius 2 is 1.75 bits per heavy atom. The molecule has 2 aliphatic carbocycles. The number of rotatable bonds is 11. The maximum atomic E-state index is 15.2. The minimum Gasteiger partial charge on any atom is -0.464 e. The van der Waals surface area contributed by atoms with Gasteiger partial charge >= 0.3 is 5.97 Å². The zero-order valence-electron chi connectivity index (χ0n) is 44.0. The van der Waals surface area contributed by atoms with Crippen LogP contribution in [0.1, 0.15) is 127 Å². The van der Waals surface area contributed by atoms with Crippen LogP contribution in [0.2, 0.25) is 0 Å². The van der Waals surface area contributed by atoms with E-state index in [4.69, 9.17) is 14.5 Å². The quantitative estimate of drug-likeness (QED) is 0.101. The number of likely N-dealkylation sites (tertiary alicyclic amines) is 2. The van der Waals surface area contributed by atoms with E-state index >= 15 is 18.4 Å². The van der Waals surface area contributed by atoms with Crippen molar-refractivity contribution >= 4 is 40.5 Å². The molecule has 11 rings (SSSR count). The summed E-state index contributed by atoms with van der Waals surface area (Å²) in [7, 11) is 1.65. The van der Waals surface area contributed by atoms with Gasteiger partial charge in [-0.25, -0.2) is 14.2 Å². The van der Waals surface area contributed by atoms with Gasteiger partial charge in [-0.2, -0.15) is 0 Å². The molecule has 7 heterocycles. The predicted octanol–water partition coefficient (Wildman–Crippen LogP) is 7.44. The predicted molar refractivity (Wildman–Crippen MR) is 278 cm³/mol. The lowest BCUT2D eigenvalue weighted by Crippen LogP contribution is -2.62. The fourth-order valence-electron chi connectivity index (χ4n) is 13.4. The Hall–Kier alpha value is -5.78. The number of fused-ring (bicyclic) bond motifs is 6. The van der Waals surface area contributed by atoms with E-state index < -0.39 is 53.2 Å². The van der Waals surface area contributed by atoms with Gasteiger partial charge in [-0.05, 0) is 136 Å². The van der Waals surface area contributed by atoms with Crippen LogP contribution in [0, 0.1) is 22.7 Å². The molecule has 2 aromatic carbocycles. The standard InChI is InChI=1S/C58H72F2N8O7/c1-6-66-45-18-17-37-29-41(45)42(50(66)40-13-9-21-61-46(40)33(2)74-5)30-57(3,4)32-75-55(72)43-14-10-22-68(64-43)53(70)44(27-34-25-38(37)28-39(26-34)51(59)60)62-52(69)49(36-11-7-8-12-36)67-24-20-58(56(67)73)19-23-65(31-58)54(71)48-47(63-48)35-15-16-35/h9,13,17-18,21,25-26,28-29,33,35-36,43-44,47-49,51,63-64H,6-8,10-12,14-16,19-20,22-24,27,30-32H2,1-5H3,(H,62,69)/t33-,43-,44-,47+,48+,49-,58-/m0/s1. The Morgan fingerprint density at radius 1 is 0.960 bits per heavy atom. The molecule has 6 bridgehead atoms. The molecule has 400 valence electrons. The SMILES string of the molecule is CCn1c(-c2cccnc2[C@H](C)OC)c2c3cc(ccc31)-c1cc(cc(C(F)F)c1)C[C@H](NC(=O)[C@H](C1CCCC1)N1CC[C@]3(CCN(C(=O)[C@@H]4N[C@@H]4C4CC4)C3)C1=O)C(=O)N1CCC[C@H](N1)C(=O)OCC(C)(C)C2. The van der Waals surface area contributed by atoms with E-state index in [1.54, 1.807) is 18.2 Å². The summed E-state index contributed by atoms with van der Waals surface area (Å²) in [5.74, 6) is -1.19. The van der Waals surface area contributed by atoms with Crippen molar-refractivity contribution in [1.82, 2.24) is 40.4 Å². The number of nitrogens with one attached hydrogen (secondary N) is 3. The molecular weight excluding hydrogens is 959 g/mol. The zero-order chi connectivity index (χ0) is 52.5. The van der Waals surface area contributed by atoms with E-state index in [1.165, 1.54) is 17.1 Å². The molecule has 75 heavy (non-hydrogen) atoms. The fraction of sp³-hybridized carbons (Fsp3) is 0.586. The molecule has 6 fully saturated rings. The number of cyclic esters (lactones) is 1. The zero-order valence-corrected chi connectivity index (χ0v) is 44.0. The van der Waals surface area contributed by atoms with Gasteiger partial charge < -0.3 is 29.2 Å². The Bertz CT molecular complexity index is 2900. The number of carbonyl (C=O) groups excluding carboxylic acids is 5. The largest absolute Gasteiger partial charge is 0.464 e. The molecule has 2 saturated carbocycles. The van der Waals surface area contributed by atoms with Crippen molar-refractivity contribution in [3.63, 3.8) is 0 Å². The van der Waals surface area contributed by atoms with Gasteiger partial charge in [0.15, 0.2) is 0 Å². The number of hydrogen-bond acceptors (Lipinski definition) is 10. The topological polar surface area (TPSA) is 177 Å². The van der Waals surface area contributed by atoms with E-state index in [9.17, 15) is 14.4 Å². The van der Waals surface area contributed by atoms with Gasteiger partial charge in [-0.1, -0.05) is 44.9 Å². The molecule has 0 radical (unpaired) electrons. The minimum absolute atomic E-state index is 0.0526. The molecule has 17 heteroatoms. The number of pyridine rings is 1. The van der Waals surface area contributed by atoms with Crippen molar-refractivity contribution in [3.8, 4) is 22.4 Å². The lowest BCUT2D eigenvalue weighted by Gasteiger charge is -2.37. The molecular formula is C58H72F2N8O7. The lowest BCUT2D eigenvalue weighted by atomic mass is 9.84. The summed E-state index contributed by atoms with van der Waals surface area (Å²) in [5, 5.41) is 8.75. The number of hydrazine groups is 1. The summed E-state index contributed by atoms with van der Waals surface area (Å²) < 4.78 is 44.6. The lowest BCUT2D eigenvalue weighted by molar-refractivity contribution is -0.155.